The number of hydrogen-bond donors (Lipinski definition) is 8. The number of phenols is 1. The van der Waals surface area contributed by atoms with Gasteiger partial charge in [-0.3, -0.25) is 19.4 Å². The Morgan fingerprint density at radius 2 is 1.91 bits per heavy atom. The Morgan fingerprint density at radius 1 is 1.13 bits per heavy atom. The molecule has 2 aromatic carbocycles. The molecule has 276 valence electrons. The number of aromatic nitrogens is 4. The summed E-state index contributed by atoms with van der Waals surface area (Å²) in [7, 11) is 2.19. The fourth-order valence-corrected chi connectivity index (χ4v) is 7.99. The minimum atomic E-state index is -1.31. The van der Waals surface area contributed by atoms with E-state index in [1.165, 1.54) is 29.5 Å². The molecule has 1 saturated heterocycles. The van der Waals surface area contributed by atoms with Crippen LogP contribution in [0.5, 0.6) is 11.5 Å². The number of aromatic amines is 1. The lowest BCUT2D eigenvalue weighted by Gasteiger charge is -2.56. The van der Waals surface area contributed by atoms with Crippen LogP contribution >= 0.6 is 0 Å². The highest BCUT2D eigenvalue weighted by atomic mass is 16.5. The minimum Gasteiger partial charge on any atom is -0.504 e. The predicted octanol–water partition coefficient (Wildman–Crippen LogP) is 1.15. The molecular weight excluding hydrogens is 688 g/mol. The highest BCUT2D eigenvalue weighted by Gasteiger charge is 2.64. The number of fused-ring (bicyclic) bond motifs is 1. The van der Waals surface area contributed by atoms with Crippen LogP contribution in [0.15, 0.2) is 59.5 Å². The van der Waals surface area contributed by atoms with Crippen molar-refractivity contribution in [3.05, 3.63) is 87.5 Å². The Bertz CT molecular complexity index is 2190. The maximum atomic E-state index is 12.3. The molecule has 17 heteroatoms. The number of H-pyrrole nitrogens is 1. The van der Waals surface area contributed by atoms with E-state index >= 15 is 0 Å². The van der Waals surface area contributed by atoms with Gasteiger partial charge in [-0.05, 0) is 68.8 Å². The Morgan fingerprint density at radius 3 is 2.64 bits per heavy atom. The first-order valence-corrected chi connectivity index (χ1v) is 17.0. The molecule has 6 atom stereocenters. The van der Waals surface area contributed by atoms with E-state index in [1.807, 2.05) is 12.1 Å². The average molecular weight is 727 g/mol. The number of aromatic hydroxyl groups is 1. The molecule has 4 heterocycles. The lowest BCUT2D eigenvalue weighted by Crippen LogP contribution is -2.64. The van der Waals surface area contributed by atoms with Crippen molar-refractivity contribution in [1.82, 2.24) is 30.2 Å². The lowest BCUT2D eigenvalue weighted by molar-refractivity contribution is -0.140. The number of aliphatic carboxylic acids is 2. The molecule has 1 fully saturated rings. The van der Waals surface area contributed by atoms with Gasteiger partial charge in [0.05, 0.1) is 18.4 Å². The Balaban J connectivity index is 0.000000177. The highest BCUT2D eigenvalue weighted by molar-refractivity contribution is 5.97. The van der Waals surface area contributed by atoms with Crippen LogP contribution in [0.3, 0.4) is 0 Å². The molecule has 9 N–H and O–H groups in total. The van der Waals surface area contributed by atoms with Crippen molar-refractivity contribution >= 4 is 40.6 Å². The summed E-state index contributed by atoms with van der Waals surface area (Å²) in [5.41, 5.74) is 8.76. The Labute approximate surface area is 301 Å². The standard InChI is InChI=1S/C19H19N7O6.C17H19NO3/c20-19-25-15-14(17(30)26-19)23-11(8-22-15)7-21-10-3-1-9(2-4-10)16(29)24-12(18(31)32)5-6-13(27)28;1-18-7-6-17-10-3-5-13(20)16(17)21-15-12(19)4-2-9(14(15)17)8-11(10)18/h1-4,8,12,21H,5-7H2,(H,24,29)(H,27,28)(H,31,32)(H3,20,22,25,26,30);2-5,10-11,13,16,19-20H,6-8H2,1H3/t;10-,11+,13-,16-,17-/m.0/s1. The molecule has 17 nitrogen and oxygen atoms in total. The van der Waals surface area contributed by atoms with Gasteiger partial charge in [-0.1, -0.05) is 18.2 Å². The number of carboxylic acids is 2. The van der Waals surface area contributed by atoms with E-state index in [0.29, 0.717) is 29.1 Å². The van der Waals surface area contributed by atoms with E-state index < -0.39 is 35.6 Å². The number of likely N-dealkylation sites (tertiary alicyclic amines) is 1. The molecule has 1 unspecified atom stereocenters. The van der Waals surface area contributed by atoms with Crippen LogP contribution in [0, 0.1) is 5.92 Å². The summed E-state index contributed by atoms with van der Waals surface area (Å²) in [6.45, 7) is 1.24. The van der Waals surface area contributed by atoms with Crippen LogP contribution in [0.25, 0.3) is 11.2 Å². The summed E-state index contributed by atoms with van der Waals surface area (Å²) < 4.78 is 6.09. The van der Waals surface area contributed by atoms with Crippen LogP contribution in [0.4, 0.5) is 11.6 Å². The smallest absolute Gasteiger partial charge is 0.326 e. The largest absolute Gasteiger partial charge is 0.504 e. The second kappa shape index (κ2) is 13.8. The SMILES string of the molecule is CN1CC[C@]23c4c5ccc(O)c4O[C@H]2[C@@H](O)C=C[C@H]3[C@H]1C5.Nc1nc2ncc(CNc3ccc(C(=O)NC(CCC(=O)O)C(=O)O)cc3)nc2c(=O)[nH]1. The second-order valence-corrected chi connectivity index (χ2v) is 13.6. The first-order valence-electron chi connectivity index (χ1n) is 17.0. The quantitative estimate of drug-likeness (QED) is 0.112. The van der Waals surface area contributed by atoms with E-state index in [2.05, 4.69) is 48.6 Å². The Hall–Kier alpha value is -6.07. The number of piperidine rings is 1. The molecule has 8 rings (SSSR count). The third-order valence-electron chi connectivity index (χ3n) is 10.5. The summed E-state index contributed by atoms with van der Waals surface area (Å²) in [5, 5.41) is 43.8. The number of benzene rings is 2. The zero-order chi connectivity index (χ0) is 37.6. The van der Waals surface area contributed by atoms with Crippen molar-refractivity contribution in [2.75, 3.05) is 24.6 Å². The number of ether oxygens (including phenoxy) is 1. The summed E-state index contributed by atoms with van der Waals surface area (Å²) >= 11 is 0. The number of carbonyl (C=O) groups excluding carboxylic acids is 1. The second-order valence-electron chi connectivity index (χ2n) is 13.6. The van der Waals surface area contributed by atoms with Gasteiger partial charge in [-0.2, -0.15) is 4.98 Å². The first-order chi connectivity index (χ1) is 25.3. The van der Waals surface area contributed by atoms with E-state index in [1.54, 1.807) is 18.2 Å². The molecular formula is C36H38N8O9. The number of aliphatic hydroxyl groups is 1. The predicted molar refractivity (Wildman–Crippen MR) is 189 cm³/mol. The molecule has 1 spiro atoms. The molecule has 2 aliphatic carbocycles. The number of phenolic OH excluding ortho intramolecular Hbond substituents is 1. The van der Waals surface area contributed by atoms with E-state index in [0.717, 1.165) is 19.4 Å². The van der Waals surface area contributed by atoms with Crippen LogP contribution in [0.1, 0.15) is 46.4 Å². The maximum absolute atomic E-state index is 12.3. The van der Waals surface area contributed by atoms with E-state index in [-0.39, 0.29) is 59.3 Å². The molecule has 0 saturated carbocycles. The van der Waals surface area contributed by atoms with Gasteiger partial charge in [0, 0.05) is 40.6 Å². The molecule has 0 radical (unpaired) electrons. The fraction of sp³-hybridized carbons (Fsp3) is 0.361. The lowest BCUT2D eigenvalue weighted by atomic mass is 9.53. The number of nitrogens with zero attached hydrogens (tertiary/aromatic N) is 4. The number of nitrogen functional groups attached to an aromatic ring is 1. The number of hydrogen-bond acceptors (Lipinski definition) is 13. The van der Waals surface area contributed by atoms with Crippen LogP contribution in [0.2, 0.25) is 0 Å². The summed E-state index contributed by atoms with van der Waals surface area (Å²) in [6, 6.07) is 9.09. The number of rotatable bonds is 9. The van der Waals surface area contributed by atoms with Gasteiger partial charge in [0.25, 0.3) is 11.5 Å². The van der Waals surface area contributed by atoms with Crippen molar-refractivity contribution < 1.29 is 39.5 Å². The number of likely N-dealkylation sites (N-methyl/N-ethyl adjacent to an activating group) is 1. The van der Waals surface area contributed by atoms with Gasteiger partial charge in [-0.25, -0.2) is 14.8 Å². The number of aliphatic hydroxyl groups excluding tert-OH is 1. The molecule has 4 aromatic rings. The third-order valence-corrected chi connectivity index (χ3v) is 10.5. The van der Waals surface area contributed by atoms with Crippen molar-refractivity contribution in [2.24, 2.45) is 5.92 Å². The summed E-state index contributed by atoms with van der Waals surface area (Å²) in [5.74, 6) is -1.97. The van der Waals surface area contributed by atoms with Crippen molar-refractivity contribution in [1.29, 1.82) is 0 Å². The monoisotopic (exact) mass is 726 g/mol. The van der Waals surface area contributed by atoms with Crippen molar-refractivity contribution in [3.8, 4) is 11.5 Å². The zero-order valence-corrected chi connectivity index (χ0v) is 28.5. The number of carboxylic acid groups (broad SMARTS) is 2. The number of amides is 1. The molecule has 53 heavy (non-hydrogen) atoms. The number of nitrogens with two attached hydrogens (primary N) is 1. The molecule has 2 aliphatic heterocycles. The van der Waals surface area contributed by atoms with Gasteiger partial charge in [0.2, 0.25) is 5.95 Å². The molecule has 2 bridgehead atoms. The molecule has 1 amide bonds. The summed E-state index contributed by atoms with van der Waals surface area (Å²) in [4.78, 5) is 63.0. The zero-order valence-electron chi connectivity index (χ0n) is 28.5. The van der Waals surface area contributed by atoms with Crippen LogP contribution in [-0.2, 0) is 28.0 Å². The maximum Gasteiger partial charge on any atom is 0.326 e. The third kappa shape index (κ3) is 6.48. The van der Waals surface area contributed by atoms with Gasteiger partial charge >= 0.3 is 11.9 Å². The van der Waals surface area contributed by atoms with Gasteiger partial charge in [-0.15, -0.1) is 0 Å². The topological polar surface area (TPSA) is 266 Å². The fourth-order valence-electron chi connectivity index (χ4n) is 7.99. The minimum absolute atomic E-state index is 0.0524. The van der Waals surface area contributed by atoms with Crippen molar-refractivity contribution in [3.63, 3.8) is 0 Å². The Kier molecular flexibility index (Phi) is 9.21. The molecule has 4 aliphatic rings. The van der Waals surface area contributed by atoms with Crippen LogP contribution in [-0.4, -0.2) is 101 Å². The number of carbonyl (C=O) groups is 3. The summed E-state index contributed by atoms with van der Waals surface area (Å²) in [6.07, 6.45) is 6.02. The number of nitrogens with one attached hydrogen (secondary N) is 3. The highest BCUT2D eigenvalue weighted by Crippen LogP contribution is 2.62. The van der Waals surface area contributed by atoms with Gasteiger partial charge in [0.1, 0.15) is 18.2 Å². The van der Waals surface area contributed by atoms with Crippen LogP contribution < -0.4 is 26.7 Å². The average Bonchev–Trinajstić information content (AvgIpc) is 3.49. The van der Waals surface area contributed by atoms with E-state index in [4.69, 9.17) is 20.7 Å². The first kappa shape index (κ1) is 35.3. The van der Waals surface area contributed by atoms with Gasteiger partial charge in [0.15, 0.2) is 22.7 Å². The van der Waals surface area contributed by atoms with Crippen molar-refractivity contribution in [2.45, 2.75) is 61.9 Å². The van der Waals surface area contributed by atoms with Gasteiger partial charge < -0.3 is 46.4 Å². The van der Waals surface area contributed by atoms with E-state index in [9.17, 15) is 29.4 Å². The number of anilines is 2. The normalized spacial score (nSPS) is 23.9. The molecule has 2 aromatic heterocycles.